The van der Waals surface area contributed by atoms with Gasteiger partial charge in [0.25, 0.3) is 0 Å². The summed E-state index contributed by atoms with van der Waals surface area (Å²) in [5.74, 6) is 5.24. The van der Waals surface area contributed by atoms with Gasteiger partial charge in [-0.05, 0) is 19.4 Å². The number of nitrogens with two attached hydrogens (primary N) is 2. The number of aliphatic carboxylic acids is 1. The zero-order chi connectivity index (χ0) is 21.5. The summed E-state index contributed by atoms with van der Waals surface area (Å²) in [6, 6.07) is -2.26. The molecule has 1 heterocycles. The number of carboxylic acid groups (broad SMARTS) is 1. The van der Waals surface area contributed by atoms with Gasteiger partial charge >= 0.3 is 5.97 Å². The van der Waals surface area contributed by atoms with E-state index >= 15 is 0 Å². The quantitative estimate of drug-likeness (QED) is 0.256. The average molecular weight is 448 g/mol. The standard InChI is InChI=1S/C12H16N2O3S3.C5H9NO2/c1-3-5-18-7-9(13)11(15)20(17)12(16)10(14)8-19-6-4-2;7-5(8)4-2-1-3-6-4/h1-2,9-10H,5-8,13-14H2;4,6H,1-3H2,(H,7,8)/t9-,10-;4-/m00/s1. The minimum absolute atomic E-state index is 0.211. The largest absolute Gasteiger partial charge is 0.480 e. The Hall–Kier alpha value is -1.34. The first-order valence-corrected chi connectivity index (χ1v) is 11.7. The van der Waals surface area contributed by atoms with Gasteiger partial charge in [0.05, 0.1) is 23.6 Å². The van der Waals surface area contributed by atoms with Crippen molar-refractivity contribution in [1.29, 1.82) is 0 Å². The van der Waals surface area contributed by atoms with Gasteiger partial charge in [0.2, 0.25) is 10.2 Å². The zero-order valence-electron chi connectivity index (χ0n) is 15.3. The molecular formula is C17H25N3O5S3. The van der Waals surface area contributed by atoms with Gasteiger partial charge in [-0.2, -0.15) is 0 Å². The predicted molar refractivity (Wildman–Crippen MR) is 115 cm³/mol. The molecule has 28 heavy (non-hydrogen) atoms. The van der Waals surface area contributed by atoms with Crippen molar-refractivity contribution in [3.63, 3.8) is 0 Å². The van der Waals surface area contributed by atoms with Crippen LogP contribution in [0, 0.1) is 24.7 Å². The maximum absolute atomic E-state index is 11.7. The first-order chi connectivity index (χ1) is 13.3. The summed E-state index contributed by atoms with van der Waals surface area (Å²) in [5.41, 5.74) is 11.1. The van der Waals surface area contributed by atoms with Crippen LogP contribution < -0.4 is 16.8 Å². The van der Waals surface area contributed by atoms with E-state index in [-0.39, 0.29) is 17.5 Å². The molecule has 6 N–H and O–H groups in total. The average Bonchev–Trinajstić information content (AvgIpc) is 3.22. The molecule has 1 rings (SSSR count). The van der Waals surface area contributed by atoms with Gasteiger partial charge in [0.15, 0.2) is 10.8 Å². The molecule has 0 aromatic carbocycles. The number of carbonyl (C=O) groups is 3. The van der Waals surface area contributed by atoms with E-state index in [1.54, 1.807) is 0 Å². The lowest BCUT2D eigenvalue weighted by Gasteiger charge is -2.11. The van der Waals surface area contributed by atoms with E-state index in [9.17, 15) is 18.6 Å². The fourth-order valence-corrected chi connectivity index (χ4v) is 4.30. The van der Waals surface area contributed by atoms with Crippen molar-refractivity contribution in [3.8, 4) is 24.7 Å². The van der Waals surface area contributed by atoms with Gasteiger partial charge in [-0.3, -0.25) is 14.4 Å². The first kappa shape index (κ1) is 26.7. The summed E-state index contributed by atoms with van der Waals surface area (Å²) in [6.07, 6.45) is 11.9. The predicted octanol–water partition coefficient (Wildman–Crippen LogP) is -1.00. The molecule has 0 aliphatic carbocycles. The molecule has 0 amide bonds. The second kappa shape index (κ2) is 15.6. The van der Waals surface area contributed by atoms with Crippen LogP contribution in [0.2, 0.25) is 0 Å². The summed E-state index contributed by atoms with van der Waals surface area (Å²) in [7, 11) is -2.34. The fraction of sp³-hybridized carbons (Fsp3) is 0.588. The molecule has 156 valence electrons. The Bertz CT molecular complexity index is 599. The third-order valence-electron chi connectivity index (χ3n) is 3.29. The minimum Gasteiger partial charge on any atom is -0.480 e. The van der Waals surface area contributed by atoms with Crippen LogP contribution in [-0.4, -0.2) is 73.2 Å². The molecule has 0 aromatic rings. The summed E-state index contributed by atoms with van der Waals surface area (Å²) in [6.45, 7) is 0.858. The molecule has 3 atom stereocenters. The SMILES string of the molecule is C#CCSC[C@H](N)C(=O)S(=O)C(=O)[C@@H](N)CSCC#C.O=C(O)[C@@H]1CCCN1. The molecule has 0 bridgehead atoms. The number of rotatable bonds is 9. The second-order valence-corrected chi connectivity index (χ2v) is 8.95. The summed E-state index contributed by atoms with van der Waals surface area (Å²) in [5, 5.41) is 9.56. The Morgan fingerprint density at radius 2 is 1.57 bits per heavy atom. The number of carbonyl (C=O) groups excluding carboxylic acids is 2. The number of thioether (sulfide) groups is 2. The molecule has 1 aliphatic rings. The molecule has 1 saturated heterocycles. The Labute approximate surface area is 176 Å². The highest BCUT2D eigenvalue weighted by molar-refractivity contribution is 8.13. The lowest BCUT2D eigenvalue weighted by Crippen LogP contribution is -2.43. The molecule has 1 fully saturated rings. The first-order valence-electron chi connectivity index (χ1n) is 8.25. The number of carboxylic acids is 1. The summed E-state index contributed by atoms with van der Waals surface area (Å²) in [4.78, 5) is 33.6. The fourth-order valence-electron chi connectivity index (χ4n) is 1.90. The molecule has 0 unspecified atom stereocenters. The van der Waals surface area contributed by atoms with Crippen molar-refractivity contribution >= 4 is 50.5 Å². The number of terminal acetylenes is 2. The van der Waals surface area contributed by atoms with E-state index < -0.39 is 39.1 Å². The van der Waals surface area contributed by atoms with Gasteiger partial charge in [-0.1, -0.05) is 11.8 Å². The molecule has 0 saturated carbocycles. The highest BCUT2D eigenvalue weighted by atomic mass is 32.2. The van der Waals surface area contributed by atoms with Crippen LogP contribution in [0.4, 0.5) is 0 Å². The van der Waals surface area contributed by atoms with Crippen molar-refractivity contribution in [3.05, 3.63) is 0 Å². The third kappa shape index (κ3) is 10.9. The molecule has 8 nitrogen and oxygen atoms in total. The zero-order valence-corrected chi connectivity index (χ0v) is 17.7. The normalized spacial score (nSPS) is 17.5. The topological polar surface area (TPSA) is 153 Å². The lowest BCUT2D eigenvalue weighted by molar-refractivity contribution is -0.139. The summed E-state index contributed by atoms with van der Waals surface area (Å²) >= 11 is 2.52. The van der Waals surface area contributed by atoms with Crippen molar-refractivity contribution in [2.75, 3.05) is 29.6 Å². The van der Waals surface area contributed by atoms with Crippen molar-refractivity contribution < 1.29 is 23.7 Å². The number of hydrogen-bond acceptors (Lipinski definition) is 9. The van der Waals surface area contributed by atoms with E-state index in [1.165, 1.54) is 23.5 Å². The van der Waals surface area contributed by atoms with Gasteiger partial charge in [-0.25, -0.2) is 4.21 Å². The second-order valence-electron chi connectivity index (χ2n) is 5.55. The van der Waals surface area contributed by atoms with E-state index in [0.717, 1.165) is 19.4 Å². The van der Waals surface area contributed by atoms with Crippen LogP contribution in [-0.2, 0) is 25.2 Å². The molecule has 0 radical (unpaired) electrons. The highest BCUT2D eigenvalue weighted by Crippen LogP contribution is 2.07. The Morgan fingerprint density at radius 1 is 1.11 bits per heavy atom. The Morgan fingerprint density at radius 3 is 1.86 bits per heavy atom. The molecule has 0 aromatic heterocycles. The van der Waals surface area contributed by atoms with Crippen LogP contribution >= 0.6 is 23.5 Å². The highest BCUT2D eigenvalue weighted by Gasteiger charge is 2.29. The molecular weight excluding hydrogens is 422 g/mol. The van der Waals surface area contributed by atoms with Crippen LogP contribution in [0.1, 0.15) is 12.8 Å². The van der Waals surface area contributed by atoms with Crippen molar-refractivity contribution in [1.82, 2.24) is 5.32 Å². The monoisotopic (exact) mass is 447 g/mol. The molecule has 0 spiro atoms. The maximum atomic E-state index is 11.7. The lowest BCUT2D eigenvalue weighted by atomic mass is 10.2. The molecule has 11 heteroatoms. The summed E-state index contributed by atoms with van der Waals surface area (Å²) < 4.78 is 11.7. The van der Waals surface area contributed by atoms with E-state index in [1.807, 2.05) is 0 Å². The smallest absolute Gasteiger partial charge is 0.320 e. The van der Waals surface area contributed by atoms with Crippen molar-refractivity contribution in [2.45, 2.75) is 31.0 Å². The van der Waals surface area contributed by atoms with Crippen LogP contribution in [0.5, 0.6) is 0 Å². The number of hydrogen-bond donors (Lipinski definition) is 4. The van der Waals surface area contributed by atoms with E-state index in [2.05, 4.69) is 17.2 Å². The van der Waals surface area contributed by atoms with Gasteiger partial charge in [-0.15, -0.1) is 36.4 Å². The molecule has 1 aliphatic heterocycles. The minimum atomic E-state index is -2.34. The van der Waals surface area contributed by atoms with Crippen LogP contribution in [0.3, 0.4) is 0 Å². The van der Waals surface area contributed by atoms with Gasteiger partial charge < -0.3 is 21.9 Å². The maximum Gasteiger partial charge on any atom is 0.320 e. The van der Waals surface area contributed by atoms with Crippen LogP contribution in [0.25, 0.3) is 0 Å². The van der Waals surface area contributed by atoms with Crippen LogP contribution in [0.15, 0.2) is 0 Å². The van der Waals surface area contributed by atoms with E-state index in [0.29, 0.717) is 11.5 Å². The van der Waals surface area contributed by atoms with Crippen molar-refractivity contribution in [2.24, 2.45) is 11.5 Å². The van der Waals surface area contributed by atoms with Gasteiger partial charge in [0, 0.05) is 11.5 Å². The van der Waals surface area contributed by atoms with E-state index in [4.69, 9.17) is 29.4 Å². The Kier molecular flexibility index (Phi) is 14.8. The number of nitrogens with one attached hydrogen (secondary N) is 1. The third-order valence-corrected chi connectivity index (χ3v) is 6.56. The van der Waals surface area contributed by atoms with Gasteiger partial charge in [0.1, 0.15) is 6.04 Å². The Balaban J connectivity index is 0.000000749.